The van der Waals surface area contributed by atoms with E-state index in [1.807, 2.05) is 19.1 Å². The molecule has 36 heavy (non-hydrogen) atoms. The number of aromatic hydroxyl groups is 2. The molecule has 0 saturated heterocycles. The van der Waals surface area contributed by atoms with E-state index in [2.05, 4.69) is 0 Å². The van der Waals surface area contributed by atoms with Crippen LogP contribution in [0.2, 0.25) is 0 Å². The molecule has 4 rings (SSSR count). The number of hydrogen-bond donors (Lipinski definition) is 2. The molecule has 0 heterocycles. The van der Waals surface area contributed by atoms with Gasteiger partial charge in [-0.05, 0) is 30.7 Å². The smallest absolute Gasteiger partial charge is 0.241 e. The average Bonchev–Trinajstić information content (AvgIpc) is 2.89. The van der Waals surface area contributed by atoms with Gasteiger partial charge in [0.05, 0.1) is 11.1 Å². The second-order valence-corrected chi connectivity index (χ2v) is 8.20. The van der Waals surface area contributed by atoms with Crippen molar-refractivity contribution in [3.05, 3.63) is 119 Å². The summed E-state index contributed by atoms with van der Waals surface area (Å²) >= 11 is 0. The van der Waals surface area contributed by atoms with Crippen LogP contribution in [0.3, 0.4) is 0 Å². The molecule has 0 aliphatic carbocycles. The van der Waals surface area contributed by atoms with Crippen LogP contribution in [0.25, 0.3) is 0 Å². The number of phenolic OH excluding ortho intramolecular Hbond substituents is 2. The molecule has 0 radical (unpaired) electrons. The molecular formula is C30H26O6. The zero-order valence-corrected chi connectivity index (χ0v) is 19.8. The van der Waals surface area contributed by atoms with Crippen LogP contribution in [0, 0.1) is 0 Å². The molecule has 0 fully saturated rings. The van der Waals surface area contributed by atoms with Gasteiger partial charge in [-0.15, -0.1) is 0 Å². The minimum Gasteiger partial charge on any atom is -0.507 e. The van der Waals surface area contributed by atoms with E-state index in [1.54, 1.807) is 60.7 Å². The monoisotopic (exact) mass is 482 g/mol. The van der Waals surface area contributed by atoms with Crippen molar-refractivity contribution in [2.75, 3.05) is 0 Å². The lowest BCUT2D eigenvalue weighted by atomic mass is 10.0. The first-order valence-electron chi connectivity index (χ1n) is 11.6. The number of ketones is 2. The maximum atomic E-state index is 12.7. The summed E-state index contributed by atoms with van der Waals surface area (Å²) in [6.45, 7) is 1.97. The van der Waals surface area contributed by atoms with Gasteiger partial charge < -0.3 is 19.7 Å². The van der Waals surface area contributed by atoms with Crippen molar-refractivity contribution >= 4 is 11.6 Å². The number of rotatable bonds is 10. The van der Waals surface area contributed by atoms with Crippen LogP contribution in [0.1, 0.15) is 51.6 Å². The number of benzene rings is 4. The quantitative estimate of drug-likeness (QED) is 0.208. The molecular weight excluding hydrogens is 456 g/mol. The van der Waals surface area contributed by atoms with Gasteiger partial charge in [0, 0.05) is 29.7 Å². The van der Waals surface area contributed by atoms with Crippen molar-refractivity contribution in [3.8, 4) is 23.0 Å². The van der Waals surface area contributed by atoms with Gasteiger partial charge in [0.25, 0.3) is 0 Å². The van der Waals surface area contributed by atoms with E-state index in [-0.39, 0.29) is 34.2 Å². The highest BCUT2D eigenvalue weighted by Gasteiger charge is 2.19. The van der Waals surface area contributed by atoms with Crippen LogP contribution in [0.15, 0.2) is 97.1 Å². The molecule has 0 aliphatic heterocycles. The largest absolute Gasteiger partial charge is 0.507 e. The van der Waals surface area contributed by atoms with Gasteiger partial charge in [0.2, 0.25) is 6.29 Å². The average molecular weight is 483 g/mol. The normalized spacial score (nSPS) is 10.7. The molecule has 4 aromatic rings. The highest BCUT2D eigenvalue weighted by atomic mass is 16.7. The lowest BCUT2D eigenvalue weighted by Crippen LogP contribution is -2.23. The summed E-state index contributed by atoms with van der Waals surface area (Å²) in [6, 6.07) is 26.4. The minimum atomic E-state index is -0.722. The Morgan fingerprint density at radius 1 is 0.667 bits per heavy atom. The van der Waals surface area contributed by atoms with Gasteiger partial charge in [-0.25, -0.2) is 0 Å². The van der Waals surface area contributed by atoms with Gasteiger partial charge in [-0.1, -0.05) is 67.6 Å². The summed E-state index contributed by atoms with van der Waals surface area (Å²) in [4.78, 5) is 25.3. The van der Waals surface area contributed by atoms with Crippen molar-refractivity contribution in [2.45, 2.75) is 26.1 Å². The topological polar surface area (TPSA) is 93.1 Å². The predicted molar refractivity (Wildman–Crippen MR) is 136 cm³/mol. The van der Waals surface area contributed by atoms with Gasteiger partial charge in [-0.2, -0.15) is 0 Å². The molecule has 2 N–H and O–H groups in total. The lowest BCUT2D eigenvalue weighted by Gasteiger charge is -2.21. The van der Waals surface area contributed by atoms with Crippen LogP contribution < -0.4 is 9.47 Å². The van der Waals surface area contributed by atoms with Gasteiger partial charge >= 0.3 is 0 Å². The third-order valence-electron chi connectivity index (χ3n) is 5.56. The number of phenols is 2. The van der Waals surface area contributed by atoms with Crippen LogP contribution in [-0.4, -0.2) is 28.1 Å². The lowest BCUT2D eigenvalue weighted by molar-refractivity contribution is -0.00126. The summed E-state index contributed by atoms with van der Waals surface area (Å²) in [5.74, 6) is -0.314. The van der Waals surface area contributed by atoms with Crippen molar-refractivity contribution in [2.24, 2.45) is 0 Å². The van der Waals surface area contributed by atoms with E-state index in [1.165, 1.54) is 24.3 Å². The molecule has 6 nitrogen and oxygen atoms in total. The Hall–Kier alpha value is -4.58. The Labute approximate surface area is 209 Å². The Morgan fingerprint density at radius 3 is 1.44 bits per heavy atom. The third kappa shape index (κ3) is 5.73. The van der Waals surface area contributed by atoms with E-state index >= 15 is 0 Å². The first-order valence-corrected chi connectivity index (χ1v) is 11.6. The highest BCUT2D eigenvalue weighted by molar-refractivity contribution is 6.11. The Morgan fingerprint density at radius 2 is 1.08 bits per heavy atom. The maximum absolute atomic E-state index is 12.7. The van der Waals surface area contributed by atoms with Gasteiger partial charge in [0.1, 0.15) is 23.0 Å². The molecule has 0 atom stereocenters. The Kier molecular flexibility index (Phi) is 7.66. The molecule has 0 saturated carbocycles. The molecule has 0 amide bonds. The van der Waals surface area contributed by atoms with Crippen LogP contribution in [-0.2, 0) is 0 Å². The fraction of sp³-hybridized carbons (Fsp3) is 0.133. The number of hydrogen-bond acceptors (Lipinski definition) is 6. The minimum absolute atomic E-state index is 0.171. The van der Waals surface area contributed by atoms with E-state index in [9.17, 15) is 19.8 Å². The molecule has 0 spiro atoms. The standard InChI is InChI=1S/C30H26O6/c1-2-9-28(35-22-14-16-24(26(31)18-22)29(33)20-10-5-3-6-11-20)36-23-15-17-25(27(32)19-23)30(34)21-12-7-4-8-13-21/h3-8,10-19,28,31-32H,2,9H2,1H3. The third-order valence-corrected chi connectivity index (χ3v) is 5.56. The number of carbonyl (C=O) groups is 2. The van der Waals surface area contributed by atoms with Crippen LogP contribution >= 0.6 is 0 Å². The number of carbonyl (C=O) groups excluding carboxylic acids is 2. The van der Waals surface area contributed by atoms with Gasteiger partial charge in [-0.3, -0.25) is 9.59 Å². The van der Waals surface area contributed by atoms with Crippen molar-refractivity contribution < 1.29 is 29.3 Å². The summed E-state index contributed by atoms with van der Waals surface area (Å²) in [7, 11) is 0. The molecule has 0 aromatic heterocycles. The molecule has 6 heteroatoms. The zero-order valence-electron chi connectivity index (χ0n) is 19.8. The van der Waals surface area contributed by atoms with E-state index < -0.39 is 6.29 Å². The molecule has 182 valence electrons. The van der Waals surface area contributed by atoms with Crippen LogP contribution in [0.4, 0.5) is 0 Å². The Bertz CT molecular complexity index is 1250. The van der Waals surface area contributed by atoms with Crippen molar-refractivity contribution in [3.63, 3.8) is 0 Å². The number of ether oxygens (including phenoxy) is 2. The van der Waals surface area contributed by atoms with Crippen molar-refractivity contribution in [1.29, 1.82) is 0 Å². The summed E-state index contributed by atoms with van der Waals surface area (Å²) in [5.41, 5.74) is 1.29. The maximum Gasteiger partial charge on any atom is 0.241 e. The highest BCUT2D eigenvalue weighted by Crippen LogP contribution is 2.30. The van der Waals surface area contributed by atoms with E-state index in [4.69, 9.17) is 9.47 Å². The fourth-order valence-electron chi connectivity index (χ4n) is 3.72. The predicted octanol–water partition coefficient (Wildman–Crippen LogP) is 6.14. The molecule has 4 aromatic carbocycles. The molecule has 0 bridgehead atoms. The SMILES string of the molecule is CCCC(Oc1ccc(C(=O)c2ccccc2)c(O)c1)Oc1ccc(C(=O)c2ccccc2)c(O)c1. The zero-order chi connectivity index (χ0) is 25.5. The Balaban J connectivity index is 1.48. The summed E-state index contributed by atoms with van der Waals surface area (Å²) < 4.78 is 11.8. The fourth-order valence-corrected chi connectivity index (χ4v) is 3.72. The van der Waals surface area contributed by atoms with Crippen molar-refractivity contribution in [1.82, 2.24) is 0 Å². The van der Waals surface area contributed by atoms with E-state index in [0.29, 0.717) is 29.0 Å². The van der Waals surface area contributed by atoms with Crippen LogP contribution in [0.5, 0.6) is 23.0 Å². The molecule has 0 aliphatic rings. The van der Waals surface area contributed by atoms with Gasteiger partial charge in [0.15, 0.2) is 11.6 Å². The first-order chi connectivity index (χ1) is 17.5. The second kappa shape index (κ2) is 11.2. The first kappa shape index (κ1) is 24.5. The second-order valence-electron chi connectivity index (χ2n) is 8.20. The van der Waals surface area contributed by atoms with E-state index in [0.717, 1.165) is 6.42 Å². The summed E-state index contributed by atoms with van der Waals surface area (Å²) in [5, 5.41) is 20.9. The molecule has 0 unspecified atom stereocenters. The summed E-state index contributed by atoms with van der Waals surface area (Å²) in [6.07, 6.45) is 0.550.